The molecule has 0 saturated carbocycles. The van der Waals surface area contributed by atoms with Crippen molar-refractivity contribution in [1.82, 2.24) is 14.3 Å². The number of benzene rings is 2. The number of aromatic nitrogens is 3. The lowest BCUT2D eigenvalue weighted by molar-refractivity contribution is -0.0425. The minimum Gasteiger partial charge on any atom is -0.497 e. The normalized spacial score (nSPS) is 11.1. The highest BCUT2D eigenvalue weighted by atomic mass is 16.5. The van der Waals surface area contributed by atoms with E-state index in [-0.39, 0.29) is 5.56 Å². The number of ether oxygens (including phenoxy) is 1. The number of hydrogen-bond acceptors (Lipinski definition) is 5. The molecule has 2 N–H and O–H groups in total. The van der Waals surface area contributed by atoms with E-state index in [9.17, 15) is 15.0 Å². The summed E-state index contributed by atoms with van der Waals surface area (Å²) in [5.41, 5.74) is 4.02. The number of aryl methyl sites for hydroxylation is 1. The molecule has 0 amide bonds. The third-order valence-corrected chi connectivity index (χ3v) is 4.97. The number of rotatable bonds is 5. The molecule has 2 aromatic heterocycles. The van der Waals surface area contributed by atoms with Crippen molar-refractivity contribution in [2.24, 2.45) is 7.05 Å². The summed E-state index contributed by atoms with van der Waals surface area (Å²) in [6.45, 7) is 0. The first kappa shape index (κ1) is 19.6. The van der Waals surface area contributed by atoms with E-state index in [1.165, 1.54) is 4.57 Å². The topological polar surface area (TPSA) is 89.5 Å². The Labute approximate surface area is 173 Å². The molecule has 0 fully saturated rings. The second kappa shape index (κ2) is 7.98. The Balaban J connectivity index is 1.87. The van der Waals surface area contributed by atoms with Crippen LogP contribution in [-0.2, 0) is 7.05 Å². The number of aliphatic hydroxyl groups excluding tert-OH is 1. The molecule has 30 heavy (non-hydrogen) atoms. The molecule has 0 bridgehead atoms. The van der Waals surface area contributed by atoms with Gasteiger partial charge in [0.1, 0.15) is 5.75 Å². The monoisotopic (exact) mass is 403 g/mol. The molecule has 7 heteroatoms. The summed E-state index contributed by atoms with van der Waals surface area (Å²) in [7, 11) is 3.24. The Bertz CT molecular complexity index is 1240. The summed E-state index contributed by atoms with van der Waals surface area (Å²) < 4.78 is 8.35. The predicted molar refractivity (Wildman–Crippen MR) is 113 cm³/mol. The van der Waals surface area contributed by atoms with E-state index in [1.807, 2.05) is 30.3 Å². The SMILES string of the molecule is COc1ccc(C(O)O)c(-n2cc(-c3cn(C)c(=O)cc3-c3ccccc3)cn2)c1. The maximum absolute atomic E-state index is 12.3. The Kier molecular flexibility index (Phi) is 5.22. The fourth-order valence-electron chi connectivity index (χ4n) is 3.38. The zero-order valence-corrected chi connectivity index (χ0v) is 16.6. The molecule has 2 heterocycles. The van der Waals surface area contributed by atoms with Crippen LogP contribution in [0.3, 0.4) is 0 Å². The highest BCUT2D eigenvalue weighted by Crippen LogP contribution is 2.32. The zero-order chi connectivity index (χ0) is 21.3. The van der Waals surface area contributed by atoms with E-state index in [0.29, 0.717) is 17.0 Å². The minimum absolute atomic E-state index is 0.108. The molecule has 0 saturated heterocycles. The van der Waals surface area contributed by atoms with Gasteiger partial charge in [0, 0.05) is 48.3 Å². The van der Waals surface area contributed by atoms with Crippen LogP contribution >= 0.6 is 0 Å². The summed E-state index contributed by atoms with van der Waals surface area (Å²) >= 11 is 0. The van der Waals surface area contributed by atoms with Crippen molar-refractivity contribution < 1.29 is 14.9 Å². The third-order valence-electron chi connectivity index (χ3n) is 4.97. The van der Waals surface area contributed by atoms with E-state index in [1.54, 1.807) is 61.7 Å². The van der Waals surface area contributed by atoms with Crippen molar-refractivity contribution in [2.75, 3.05) is 7.11 Å². The molecule has 0 atom stereocenters. The van der Waals surface area contributed by atoms with Crippen molar-refractivity contribution in [1.29, 1.82) is 0 Å². The predicted octanol–water partition coefficient (Wildman–Crippen LogP) is 2.90. The molecule has 152 valence electrons. The van der Waals surface area contributed by atoms with E-state index < -0.39 is 6.29 Å². The Morgan fingerprint density at radius 1 is 0.967 bits per heavy atom. The molecule has 4 rings (SSSR count). The quantitative estimate of drug-likeness (QED) is 0.500. The average Bonchev–Trinajstić information content (AvgIpc) is 3.25. The van der Waals surface area contributed by atoms with Gasteiger partial charge in [0.15, 0.2) is 6.29 Å². The minimum atomic E-state index is -1.66. The van der Waals surface area contributed by atoms with Crippen LogP contribution in [-0.4, -0.2) is 31.7 Å². The standard InChI is InChI=1S/C23H21N3O4/c1-25-14-20(19(11-22(25)27)15-6-4-3-5-7-15)16-12-24-26(13-16)21-10-17(30-2)8-9-18(21)23(28)29/h3-14,23,28-29H,1-2H3. The van der Waals surface area contributed by atoms with Gasteiger partial charge in [-0.3, -0.25) is 4.79 Å². The molecule has 0 spiro atoms. The number of nitrogens with zero attached hydrogens (tertiary/aromatic N) is 3. The van der Waals surface area contributed by atoms with Crippen LogP contribution in [0.1, 0.15) is 11.9 Å². The van der Waals surface area contributed by atoms with Gasteiger partial charge in [-0.05, 0) is 23.3 Å². The van der Waals surface area contributed by atoms with E-state index in [2.05, 4.69) is 5.10 Å². The molecule has 4 aromatic rings. The molecule has 0 aliphatic carbocycles. The van der Waals surface area contributed by atoms with Crippen molar-refractivity contribution in [2.45, 2.75) is 6.29 Å². The number of hydrogen-bond donors (Lipinski definition) is 2. The largest absolute Gasteiger partial charge is 0.497 e. The van der Waals surface area contributed by atoms with Gasteiger partial charge >= 0.3 is 0 Å². The first-order chi connectivity index (χ1) is 14.5. The number of aliphatic hydroxyl groups is 2. The van der Waals surface area contributed by atoms with Crippen LogP contribution in [0.25, 0.3) is 27.9 Å². The molecule has 0 radical (unpaired) electrons. The van der Waals surface area contributed by atoms with Gasteiger partial charge in [-0.2, -0.15) is 5.10 Å². The lowest BCUT2D eigenvalue weighted by Gasteiger charge is -2.13. The summed E-state index contributed by atoms with van der Waals surface area (Å²) in [6.07, 6.45) is 3.59. The van der Waals surface area contributed by atoms with Gasteiger partial charge in [0.25, 0.3) is 5.56 Å². The Morgan fingerprint density at radius 2 is 1.73 bits per heavy atom. The molecular formula is C23H21N3O4. The van der Waals surface area contributed by atoms with Crippen LogP contribution in [0.5, 0.6) is 5.75 Å². The van der Waals surface area contributed by atoms with Crippen LogP contribution in [0, 0.1) is 0 Å². The lowest BCUT2D eigenvalue weighted by Crippen LogP contribution is -2.15. The van der Waals surface area contributed by atoms with E-state index >= 15 is 0 Å². The summed E-state index contributed by atoms with van der Waals surface area (Å²) in [5.74, 6) is 0.568. The molecule has 7 nitrogen and oxygen atoms in total. The van der Waals surface area contributed by atoms with Crippen LogP contribution in [0.15, 0.2) is 78.0 Å². The van der Waals surface area contributed by atoms with Gasteiger partial charge < -0.3 is 19.5 Å². The molecule has 0 aliphatic rings. The summed E-state index contributed by atoms with van der Waals surface area (Å²) in [5, 5.41) is 23.9. The lowest BCUT2D eigenvalue weighted by atomic mass is 9.98. The molecule has 0 aliphatic heterocycles. The average molecular weight is 403 g/mol. The first-order valence-electron chi connectivity index (χ1n) is 9.33. The second-order valence-corrected chi connectivity index (χ2v) is 6.89. The van der Waals surface area contributed by atoms with Crippen LogP contribution in [0.2, 0.25) is 0 Å². The van der Waals surface area contributed by atoms with Crippen LogP contribution < -0.4 is 10.3 Å². The fraction of sp³-hybridized carbons (Fsp3) is 0.130. The number of methoxy groups -OCH3 is 1. The molecule has 0 unspecified atom stereocenters. The summed E-state index contributed by atoms with van der Waals surface area (Å²) in [6, 6.07) is 16.2. The zero-order valence-electron chi connectivity index (χ0n) is 16.6. The van der Waals surface area contributed by atoms with Gasteiger partial charge in [-0.15, -0.1) is 0 Å². The Morgan fingerprint density at radius 3 is 2.43 bits per heavy atom. The van der Waals surface area contributed by atoms with Crippen LogP contribution in [0.4, 0.5) is 0 Å². The van der Waals surface area contributed by atoms with Crippen molar-refractivity contribution >= 4 is 0 Å². The first-order valence-corrected chi connectivity index (χ1v) is 9.33. The maximum atomic E-state index is 12.3. The molecule has 2 aromatic carbocycles. The molecular weight excluding hydrogens is 382 g/mol. The third kappa shape index (κ3) is 3.63. The Hall–Kier alpha value is -3.68. The van der Waals surface area contributed by atoms with E-state index in [0.717, 1.165) is 22.3 Å². The number of pyridine rings is 1. The van der Waals surface area contributed by atoms with Gasteiger partial charge in [0.05, 0.1) is 19.0 Å². The second-order valence-electron chi connectivity index (χ2n) is 6.89. The van der Waals surface area contributed by atoms with Crippen molar-refractivity contribution in [3.05, 3.63) is 89.1 Å². The van der Waals surface area contributed by atoms with E-state index in [4.69, 9.17) is 4.74 Å². The maximum Gasteiger partial charge on any atom is 0.250 e. The van der Waals surface area contributed by atoms with Gasteiger partial charge in [0.2, 0.25) is 0 Å². The smallest absolute Gasteiger partial charge is 0.250 e. The van der Waals surface area contributed by atoms with Crippen molar-refractivity contribution in [3.63, 3.8) is 0 Å². The van der Waals surface area contributed by atoms with Crippen molar-refractivity contribution in [3.8, 4) is 33.7 Å². The van der Waals surface area contributed by atoms with Gasteiger partial charge in [-0.1, -0.05) is 30.3 Å². The van der Waals surface area contributed by atoms with Gasteiger partial charge in [-0.25, -0.2) is 4.68 Å². The highest BCUT2D eigenvalue weighted by Gasteiger charge is 2.16. The fourth-order valence-corrected chi connectivity index (χ4v) is 3.38. The summed E-state index contributed by atoms with van der Waals surface area (Å²) in [4.78, 5) is 12.3. The highest BCUT2D eigenvalue weighted by molar-refractivity contribution is 5.82.